The fourth-order valence-electron chi connectivity index (χ4n) is 4.15. The first-order valence-corrected chi connectivity index (χ1v) is 9.75. The molecule has 5 rings (SSSR count). The molecule has 4 atom stereocenters. The lowest BCUT2D eigenvalue weighted by molar-refractivity contribution is 0.0275. The van der Waals surface area contributed by atoms with Crippen molar-refractivity contribution in [3.05, 3.63) is 41.3 Å². The summed E-state index contributed by atoms with van der Waals surface area (Å²) in [5.74, 6) is 1.51. The van der Waals surface area contributed by atoms with Gasteiger partial charge in [0.05, 0.1) is 12.0 Å². The summed E-state index contributed by atoms with van der Waals surface area (Å²) in [6, 6.07) is 12.8. The van der Waals surface area contributed by atoms with Crippen LogP contribution in [0.1, 0.15) is 29.4 Å². The second kappa shape index (κ2) is 6.81. The van der Waals surface area contributed by atoms with Gasteiger partial charge in [0.25, 0.3) is 5.91 Å². The quantitative estimate of drug-likeness (QED) is 0.909. The predicted molar refractivity (Wildman–Crippen MR) is 101 cm³/mol. The minimum Gasteiger partial charge on any atom is -0.496 e. The molecule has 3 saturated heterocycles. The molecular formula is C20H24N2O2S. The zero-order valence-electron chi connectivity index (χ0n) is 14.7. The summed E-state index contributed by atoms with van der Waals surface area (Å²) in [5, 5.41) is 3.28. The summed E-state index contributed by atoms with van der Waals surface area (Å²) in [6.07, 6.45) is 2.40. The van der Waals surface area contributed by atoms with Crippen molar-refractivity contribution < 1.29 is 9.53 Å². The van der Waals surface area contributed by atoms with Crippen molar-refractivity contribution >= 4 is 17.2 Å². The molecule has 0 radical (unpaired) electrons. The molecule has 132 valence electrons. The number of fused-ring (bicyclic) bond motifs is 3. The van der Waals surface area contributed by atoms with E-state index in [0.29, 0.717) is 12.0 Å². The largest absolute Gasteiger partial charge is 0.496 e. The molecule has 1 aromatic carbocycles. The average molecular weight is 356 g/mol. The van der Waals surface area contributed by atoms with E-state index < -0.39 is 0 Å². The van der Waals surface area contributed by atoms with E-state index in [0.717, 1.165) is 27.6 Å². The van der Waals surface area contributed by atoms with Crippen LogP contribution in [-0.4, -0.2) is 43.1 Å². The number of para-hydroxylation sites is 1. The number of nitrogens with zero attached hydrogens (tertiary/aromatic N) is 1. The Bertz CT molecular complexity index is 773. The molecule has 5 heteroatoms. The number of nitrogens with one attached hydrogen (secondary N) is 1. The third kappa shape index (κ3) is 3.18. The Morgan fingerprint density at radius 3 is 2.84 bits per heavy atom. The van der Waals surface area contributed by atoms with Crippen LogP contribution >= 0.6 is 11.3 Å². The predicted octanol–water partition coefficient (Wildman–Crippen LogP) is 3.64. The Morgan fingerprint density at radius 1 is 1.28 bits per heavy atom. The van der Waals surface area contributed by atoms with Crippen LogP contribution in [0.3, 0.4) is 0 Å². The number of thiophene rings is 1. The molecule has 0 saturated carbocycles. The number of piperidine rings is 3. The molecule has 1 amide bonds. The Labute approximate surface area is 152 Å². The second-order valence-corrected chi connectivity index (χ2v) is 8.16. The highest BCUT2D eigenvalue weighted by atomic mass is 32.1. The van der Waals surface area contributed by atoms with Crippen LogP contribution in [0.2, 0.25) is 0 Å². The van der Waals surface area contributed by atoms with Gasteiger partial charge in [-0.05, 0) is 56.5 Å². The SMILES string of the molecule is COc1ccccc1-c1ccc(C(=O)N[C@H]2CN3CCC2CC3C)s1. The summed E-state index contributed by atoms with van der Waals surface area (Å²) in [6.45, 7) is 4.46. The van der Waals surface area contributed by atoms with Gasteiger partial charge in [0.15, 0.2) is 0 Å². The lowest BCUT2D eigenvalue weighted by Crippen LogP contribution is -2.60. The molecule has 4 nitrogen and oxygen atoms in total. The van der Waals surface area contributed by atoms with Gasteiger partial charge in [-0.1, -0.05) is 12.1 Å². The molecule has 3 unspecified atom stereocenters. The van der Waals surface area contributed by atoms with Crippen molar-refractivity contribution in [2.75, 3.05) is 20.2 Å². The van der Waals surface area contributed by atoms with Crippen molar-refractivity contribution in [2.45, 2.75) is 31.8 Å². The van der Waals surface area contributed by atoms with Gasteiger partial charge in [-0.15, -0.1) is 11.3 Å². The summed E-state index contributed by atoms with van der Waals surface area (Å²) < 4.78 is 5.44. The standard InChI is InChI=1S/C20H24N2O2S/c1-13-11-14-9-10-22(13)12-16(14)21-20(23)19-8-7-18(25-19)15-5-3-4-6-17(15)24-2/h3-8,13-14,16H,9-12H2,1-2H3,(H,21,23)/t13?,14?,16-/m0/s1. The van der Waals surface area contributed by atoms with Crippen molar-refractivity contribution in [3.8, 4) is 16.2 Å². The third-order valence-electron chi connectivity index (χ3n) is 5.57. The Balaban J connectivity index is 1.48. The van der Waals surface area contributed by atoms with Gasteiger partial charge in [0.2, 0.25) is 0 Å². The van der Waals surface area contributed by atoms with Crippen molar-refractivity contribution in [2.24, 2.45) is 5.92 Å². The van der Waals surface area contributed by atoms with Gasteiger partial charge in [-0.3, -0.25) is 9.69 Å². The number of amides is 1. The topological polar surface area (TPSA) is 41.6 Å². The van der Waals surface area contributed by atoms with Gasteiger partial charge in [-0.25, -0.2) is 0 Å². The van der Waals surface area contributed by atoms with Gasteiger partial charge < -0.3 is 10.1 Å². The van der Waals surface area contributed by atoms with Crippen LogP contribution in [0.5, 0.6) is 5.75 Å². The Morgan fingerprint density at radius 2 is 2.12 bits per heavy atom. The van der Waals surface area contributed by atoms with E-state index in [-0.39, 0.29) is 11.9 Å². The second-order valence-electron chi connectivity index (χ2n) is 7.07. The number of hydrogen-bond donors (Lipinski definition) is 1. The smallest absolute Gasteiger partial charge is 0.261 e. The molecular weight excluding hydrogens is 332 g/mol. The summed E-state index contributed by atoms with van der Waals surface area (Å²) in [4.78, 5) is 17.0. The van der Waals surface area contributed by atoms with Crippen LogP contribution in [0, 0.1) is 5.92 Å². The molecule has 2 aromatic rings. The van der Waals surface area contributed by atoms with Crippen LogP contribution in [0.25, 0.3) is 10.4 Å². The zero-order valence-corrected chi connectivity index (χ0v) is 15.5. The van der Waals surface area contributed by atoms with Gasteiger partial charge >= 0.3 is 0 Å². The van der Waals surface area contributed by atoms with Crippen LogP contribution in [0.4, 0.5) is 0 Å². The zero-order chi connectivity index (χ0) is 17.4. The number of carbonyl (C=O) groups is 1. The first-order valence-electron chi connectivity index (χ1n) is 8.94. The molecule has 1 aromatic heterocycles. The highest BCUT2D eigenvalue weighted by Gasteiger charge is 2.38. The monoisotopic (exact) mass is 356 g/mol. The van der Waals surface area contributed by atoms with E-state index in [4.69, 9.17) is 4.74 Å². The first-order chi connectivity index (χ1) is 12.2. The third-order valence-corrected chi connectivity index (χ3v) is 6.69. The number of methoxy groups -OCH3 is 1. The van der Waals surface area contributed by atoms with Gasteiger partial charge in [0, 0.05) is 29.1 Å². The van der Waals surface area contributed by atoms with Crippen molar-refractivity contribution in [1.29, 1.82) is 0 Å². The van der Waals surface area contributed by atoms with E-state index in [1.54, 1.807) is 7.11 Å². The molecule has 4 heterocycles. The lowest BCUT2D eigenvalue weighted by Gasteiger charge is -2.48. The molecule has 3 aliphatic rings. The number of ether oxygens (including phenoxy) is 1. The first kappa shape index (κ1) is 16.6. The minimum atomic E-state index is 0.0533. The van der Waals surface area contributed by atoms with Crippen molar-refractivity contribution in [1.82, 2.24) is 10.2 Å². The lowest BCUT2D eigenvalue weighted by atomic mass is 9.80. The number of rotatable bonds is 4. The highest BCUT2D eigenvalue weighted by Crippen LogP contribution is 2.35. The molecule has 25 heavy (non-hydrogen) atoms. The average Bonchev–Trinajstić information content (AvgIpc) is 3.13. The van der Waals surface area contributed by atoms with Crippen molar-refractivity contribution in [3.63, 3.8) is 0 Å². The van der Waals surface area contributed by atoms with Gasteiger partial charge in [0.1, 0.15) is 5.75 Å². The minimum absolute atomic E-state index is 0.0533. The highest BCUT2D eigenvalue weighted by molar-refractivity contribution is 7.17. The molecule has 3 aliphatic heterocycles. The normalized spacial score (nSPS) is 27.9. The van der Waals surface area contributed by atoms with Crippen LogP contribution in [-0.2, 0) is 0 Å². The summed E-state index contributed by atoms with van der Waals surface area (Å²) >= 11 is 1.53. The van der Waals surface area contributed by atoms with E-state index in [1.807, 2.05) is 36.4 Å². The number of benzene rings is 1. The number of carbonyl (C=O) groups excluding carboxylic acids is 1. The summed E-state index contributed by atoms with van der Waals surface area (Å²) in [7, 11) is 1.68. The Hall–Kier alpha value is -1.85. The van der Waals surface area contributed by atoms with Gasteiger partial charge in [-0.2, -0.15) is 0 Å². The van der Waals surface area contributed by atoms with Crippen LogP contribution < -0.4 is 10.1 Å². The summed E-state index contributed by atoms with van der Waals surface area (Å²) in [5.41, 5.74) is 1.03. The maximum absolute atomic E-state index is 12.7. The molecule has 0 spiro atoms. The fourth-order valence-corrected chi connectivity index (χ4v) is 5.09. The maximum atomic E-state index is 12.7. The fraction of sp³-hybridized carbons (Fsp3) is 0.450. The molecule has 2 bridgehead atoms. The van der Waals surface area contributed by atoms with E-state index in [2.05, 4.69) is 17.1 Å². The van der Waals surface area contributed by atoms with Crippen LogP contribution in [0.15, 0.2) is 36.4 Å². The molecule has 0 aliphatic carbocycles. The molecule has 1 N–H and O–H groups in total. The van der Waals surface area contributed by atoms with E-state index in [9.17, 15) is 4.79 Å². The molecule has 3 fully saturated rings. The number of hydrogen-bond acceptors (Lipinski definition) is 4. The van der Waals surface area contributed by atoms with E-state index in [1.165, 1.54) is 30.7 Å². The van der Waals surface area contributed by atoms with E-state index >= 15 is 0 Å². The Kier molecular flexibility index (Phi) is 4.52. The maximum Gasteiger partial charge on any atom is 0.261 e.